The zero-order valence-corrected chi connectivity index (χ0v) is 19.2. The molecular formula is C22H28Cl2N4O. The number of hydrogen-bond donors (Lipinski definition) is 1. The van der Waals surface area contributed by atoms with Gasteiger partial charge in [-0.3, -0.25) is 0 Å². The molecule has 0 atom stereocenters. The van der Waals surface area contributed by atoms with Gasteiger partial charge in [0, 0.05) is 20.1 Å². The number of nitrogens with zero attached hydrogens (tertiary/aromatic N) is 3. The van der Waals surface area contributed by atoms with Crippen molar-refractivity contribution in [3.63, 3.8) is 0 Å². The van der Waals surface area contributed by atoms with Crippen molar-refractivity contribution in [2.75, 3.05) is 30.4 Å². The van der Waals surface area contributed by atoms with E-state index in [9.17, 15) is 0 Å². The first kappa shape index (κ1) is 21.6. The molecule has 7 heteroatoms. The number of benzene rings is 2. The highest BCUT2D eigenvalue weighted by Gasteiger charge is 2.19. The highest BCUT2D eigenvalue weighted by Crippen LogP contribution is 2.42. The van der Waals surface area contributed by atoms with Crippen molar-refractivity contribution >= 4 is 51.6 Å². The summed E-state index contributed by atoms with van der Waals surface area (Å²) in [5, 5.41) is 4.27. The molecule has 0 bridgehead atoms. The lowest BCUT2D eigenvalue weighted by molar-refractivity contribution is 0.416. The van der Waals surface area contributed by atoms with Crippen LogP contribution in [0.3, 0.4) is 0 Å². The lowest BCUT2D eigenvalue weighted by Crippen LogP contribution is -2.25. The summed E-state index contributed by atoms with van der Waals surface area (Å²) in [4.78, 5) is 7.26. The fraction of sp³-hybridized carbons (Fsp3) is 0.409. The van der Waals surface area contributed by atoms with E-state index in [-0.39, 0.29) is 0 Å². The van der Waals surface area contributed by atoms with Crippen LogP contribution in [-0.2, 0) is 7.05 Å². The van der Waals surface area contributed by atoms with Crippen LogP contribution in [0, 0.1) is 6.92 Å². The predicted octanol–water partition coefficient (Wildman–Crippen LogP) is 6.57. The number of methoxy groups -OCH3 is 1. The molecule has 1 aromatic heterocycles. The van der Waals surface area contributed by atoms with Crippen molar-refractivity contribution in [1.82, 2.24) is 9.55 Å². The fourth-order valence-electron chi connectivity index (χ4n) is 3.69. The van der Waals surface area contributed by atoms with Gasteiger partial charge in [0.15, 0.2) is 5.75 Å². The number of halogens is 2. The first-order valence-electron chi connectivity index (χ1n) is 9.92. The summed E-state index contributed by atoms with van der Waals surface area (Å²) in [6.07, 6.45) is 2.19. The van der Waals surface area contributed by atoms with Crippen LogP contribution in [0.1, 0.15) is 32.3 Å². The summed E-state index contributed by atoms with van der Waals surface area (Å²) in [6, 6.07) is 8.11. The van der Waals surface area contributed by atoms with Gasteiger partial charge in [0.2, 0.25) is 5.95 Å². The van der Waals surface area contributed by atoms with Crippen LogP contribution in [0.15, 0.2) is 24.3 Å². The third kappa shape index (κ3) is 4.12. The van der Waals surface area contributed by atoms with E-state index in [1.807, 2.05) is 26.1 Å². The predicted molar refractivity (Wildman–Crippen MR) is 125 cm³/mol. The second-order valence-electron chi connectivity index (χ2n) is 7.15. The zero-order chi connectivity index (χ0) is 21.1. The molecule has 3 rings (SSSR count). The van der Waals surface area contributed by atoms with Crippen molar-refractivity contribution in [3.8, 4) is 5.75 Å². The fourth-order valence-corrected chi connectivity index (χ4v) is 4.17. The first-order valence-corrected chi connectivity index (χ1v) is 10.7. The quantitative estimate of drug-likeness (QED) is 0.435. The van der Waals surface area contributed by atoms with Gasteiger partial charge in [-0.1, -0.05) is 43.1 Å². The van der Waals surface area contributed by atoms with Gasteiger partial charge in [0.25, 0.3) is 0 Å². The van der Waals surface area contributed by atoms with Crippen LogP contribution < -0.4 is 15.0 Å². The number of anilines is 3. The molecule has 0 saturated heterocycles. The van der Waals surface area contributed by atoms with Gasteiger partial charge in [-0.05, 0) is 43.5 Å². The molecule has 0 aliphatic heterocycles. The SMILES string of the molecule is CCCN(CCC)c1cccc2nc(Nc3c(C)cc(Cl)c(Cl)c3OC)n(C)c12. The largest absolute Gasteiger partial charge is 0.493 e. The van der Waals surface area contributed by atoms with Crippen LogP contribution in [0.2, 0.25) is 10.0 Å². The minimum absolute atomic E-state index is 0.388. The third-order valence-electron chi connectivity index (χ3n) is 5.02. The van der Waals surface area contributed by atoms with Gasteiger partial charge in [0.05, 0.1) is 34.5 Å². The van der Waals surface area contributed by atoms with Crippen LogP contribution in [0.5, 0.6) is 5.75 Å². The number of imidazole rings is 1. The minimum Gasteiger partial charge on any atom is -0.493 e. The third-order valence-corrected chi connectivity index (χ3v) is 5.79. The minimum atomic E-state index is 0.388. The number of fused-ring (bicyclic) bond motifs is 1. The Morgan fingerprint density at radius 2 is 1.86 bits per heavy atom. The smallest absolute Gasteiger partial charge is 0.208 e. The van der Waals surface area contributed by atoms with E-state index in [1.54, 1.807) is 7.11 Å². The number of aromatic nitrogens is 2. The topological polar surface area (TPSA) is 42.3 Å². The summed E-state index contributed by atoms with van der Waals surface area (Å²) in [5.41, 5.74) is 4.95. The Bertz CT molecular complexity index is 1010. The number of para-hydroxylation sites is 1. The van der Waals surface area contributed by atoms with Crippen LogP contribution >= 0.6 is 23.2 Å². The van der Waals surface area contributed by atoms with E-state index in [0.717, 1.165) is 54.2 Å². The Balaban J connectivity index is 2.11. The lowest BCUT2D eigenvalue weighted by atomic mass is 10.2. The molecule has 0 spiro atoms. The van der Waals surface area contributed by atoms with E-state index in [2.05, 4.69) is 40.8 Å². The molecule has 29 heavy (non-hydrogen) atoms. The van der Waals surface area contributed by atoms with E-state index in [4.69, 9.17) is 32.9 Å². The maximum Gasteiger partial charge on any atom is 0.208 e. The van der Waals surface area contributed by atoms with Crippen LogP contribution in [0.25, 0.3) is 11.0 Å². The summed E-state index contributed by atoms with van der Waals surface area (Å²) in [5.74, 6) is 1.24. The Morgan fingerprint density at radius 1 is 1.17 bits per heavy atom. The summed E-state index contributed by atoms with van der Waals surface area (Å²) in [6.45, 7) is 8.41. The molecule has 5 nitrogen and oxygen atoms in total. The molecule has 0 aliphatic rings. The van der Waals surface area contributed by atoms with Crippen molar-refractivity contribution in [2.24, 2.45) is 7.05 Å². The monoisotopic (exact) mass is 434 g/mol. The number of ether oxygens (including phenoxy) is 1. The number of nitrogens with one attached hydrogen (secondary N) is 1. The van der Waals surface area contributed by atoms with E-state index in [0.29, 0.717) is 15.8 Å². The summed E-state index contributed by atoms with van der Waals surface area (Å²) in [7, 11) is 3.61. The Morgan fingerprint density at radius 3 is 2.48 bits per heavy atom. The van der Waals surface area contributed by atoms with Gasteiger partial charge in [-0.25, -0.2) is 4.98 Å². The normalized spacial score (nSPS) is 11.1. The molecule has 156 valence electrons. The van der Waals surface area contributed by atoms with Crippen LogP contribution in [-0.4, -0.2) is 29.8 Å². The molecule has 1 N–H and O–H groups in total. The van der Waals surface area contributed by atoms with Crippen molar-refractivity contribution in [1.29, 1.82) is 0 Å². The summed E-state index contributed by atoms with van der Waals surface area (Å²) >= 11 is 12.6. The molecular weight excluding hydrogens is 407 g/mol. The molecule has 0 saturated carbocycles. The molecule has 0 amide bonds. The number of rotatable bonds is 8. The molecule has 3 aromatic rings. The zero-order valence-electron chi connectivity index (χ0n) is 17.6. The number of hydrogen-bond acceptors (Lipinski definition) is 4. The van der Waals surface area contributed by atoms with Gasteiger partial charge < -0.3 is 19.5 Å². The molecule has 0 unspecified atom stereocenters. The second kappa shape index (κ2) is 9.14. The van der Waals surface area contributed by atoms with E-state index in [1.165, 1.54) is 5.69 Å². The first-order chi connectivity index (χ1) is 13.9. The lowest BCUT2D eigenvalue weighted by Gasteiger charge is -2.25. The van der Waals surface area contributed by atoms with Crippen molar-refractivity contribution < 1.29 is 4.74 Å². The Labute approximate surface area is 182 Å². The highest BCUT2D eigenvalue weighted by atomic mass is 35.5. The van der Waals surface area contributed by atoms with Gasteiger partial charge in [-0.15, -0.1) is 0 Å². The van der Waals surface area contributed by atoms with Gasteiger partial charge in [0.1, 0.15) is 5.02 Å². The maximum absolute atomic E-state index is 6.36. The highest BCUT2D eigenvalue weighted by molar-refractivity contribution is 6.43. The van der Waals surface area contributed by atoms with Gasteiger partial charge >= 0.3 is 0 Å². The number of aryl methyl sites for hydroxylation is 2. The van der Waals surface area contributed by atoms with Crippen molar-refractivity contribution in [3.05, 3.63) is 39.9 Å². The van der Waals surface area contributed by atoms with Crippen molar-refractivity contribution in [2.45, 2.75) is 33.6 Å². The Kier molecular flexibility index (Phi) is 6.81. The average molecular weight is 435 g/mol. The molecule has 2 aromatic carbocycles. The van der Waals surface area contributed by atoms with E-state index >= 15 is 0 Å². The van der Waals surface area contributed by atoms with Crippen LogP contribution in [0.4, 0.5) is 17.3 Å². The second-order valence-corrected chi connectivity index (χ2v) is 7.93. The molecule has 1 heterocycles. The average Bonchev–Trinajstić information content (AvgIpc) is 3.02. The summed E-state index contributed by atoms with van der Waals surface area (Å²) < 4.78 is 7.61. The van der Waals surface area contributed by atoms with Gasteiger partial charge in [-0.2, -0.15) is 0 Å². The van der Waals surface area contributed by atoms with E-state index < -0.39 is 0 Å². The standard InChI is InChI=1S/C22H28Cl2N4O/c1-6-11-28(12-7-2)17-10-8-9-16-20(17)27(4)22(25-16)26-19-14(3)13-15(23)18(24)21(19)29-5/h8-10,13H,6-7,11-12H2,1-5H3,(H,25,26). The molecule has 0 aliphatic carbocycles. The molecule has 0 fully saturated rings. The Hall–Kier alpha value is -2.11. The maximum atomic E-state index is 6.36. The molecule has 0 radical (unpaired) electrons.